The van der Waals surface area contributed by atoms with E-state index in [9.17, 15) is 14.7 Å². The van der Waals surface area contributed by atoms with E-state index in [0.717, 1.165) is 18.4 Å². The molecule has 1 aromatic carbocycles. The summed E-state index contributed by atoms with van der Waals surface area (Å²) in [7, 11) is 0. The fraction of sp³-hybridized carbons (Fsp3) is 0.333. The molecule has 6 nitrogen and oxygen atoms in total. The lowest BCUT2D eigenvalue weighted by molar-refractivity contribution is -0.121. The van der Waals surface area contributed by atoms with Crippen molar-refractivity contribution in [3.8, 4) is 5.75 Å². The number of piperidine rings is 1. The first kappa shape index (κ1) is 17.4. The molecule has 25 heavy (non-hydrogen) atoms. The molecule has 2 N–H and O–H groups in total. The second-order valence-corrected chi connectivity index (χ2v) is 6.50. The van der Waals surface area contributed by atoms with Gasteiger partial charge in [0.1, 0.15) is 5.75 Å². The first-order chi connectivity index (χ1) is 12.0. The number of nitrogens with one attached hydrogen (secondary N) is 1. The third kappa shape index (κ3) is 4.33. The van der Waals surface area contributed by atoms with Crippen molar-refractivity contribution < 1.29 is 19.1 Å². The van der Waals surface area contributed by atoms with Crippen LogP contribution in [0.3, 0.4) is 0 Å². The largest absolute Gasteiger partial charge is 0.506 e. The van der Waals surface area contributed by atoms with Gasteiger partial charge in [0, 0.05) is 19.1 Å². The van der Waals surface area contributed by atoms with Crippen molar-refractivity contribution >= 4 is 23.4 Å². The van der Waals surface area contributed by atoms with Gasteiger partial charge in [0.25, 0.3) is 5.91 Å². The lowest BCUT2D eigenvalue weighted by atomic mass is 10.0. The number of amides is 2. The van der Waals surface area contributed by atoms with Gasteiger partial charge in [-0.05, 0) is 42.7 Å². The second kappa shape index (κ2) is 7.61. The molecular weight excluding hydrogens is 344 g/mol. The highest BCUT2D eigenvalue weighted by Crippen LogP contribution is 2.24. The number of phenolic OH excluding ortho intramolecular Hbond substituents is 1. The lowest BCUT2D eigenvalue weighted by Crippen LogP contribution is -2.49. The van der Waals surface area contributed by atoms with Crippen molar-refractivity contribution in [2.75, 3.05) is 13.1 Å². The molecule has 1 aromatic heterocycles. The molecule has 0 spiro atoms. The van der Waals surface area contributed by atoms with Crippen molar-refractivity contribution in [1.82, 2.24) is 10.2 Å². The molecule has 2 heterocycles. The molecule has 1 fully saturated rings. The first-order valence-electron chi connectivity index (χ1n) is 8.12. The minimum Gasteiger partial charge on any atom is -0.506 e. The van der Waals surface area contributed by atoms with E-state index in [0.29, 0.717) is 18.8 Å². The second-order valence-electron chi connectivity index (χ2n) is 6.10. The zero-order valence-corrected chi connectivity index (χ0v) is 14.3. The SMILES string of the molecule is O=C(Cc1ccc(O)c(Cl)c1)NC1CCCN(C(=O)c2ccco2)C1. The predicted molar refractivity (Wildman–Crippen MR) is 92.6 cm³/mol. The molecule has 0 bridgehead atoms. The number of rotatable bonds is 4. The minimum absolute atomic E-state index is 0.00909. The van der Waals surface area contributed by atoms with Gasteiger partial charge in [0.05, 0.1) is 17.7 Å². The molecule has 1 atom stereocenters. The maximum absolute atomic E-state index is 12.3. The van der Waals surface area contributed by atoms with Crippen LogP contribution in [0.25, 0.3) is 0 Å². The zero-order valence-electron chi connectivity index (χ0n) is 13.6. The average molecular weight is 363 g/mol. The normalized spacial score (nSPS) is 17.3. The predicted octanol–water partition coefficient (Wildman–Crippen LogP) is 2.60. The number of halogens is 1. The summed E-state index contributed by atoms with van der Waals surface area (Å²) >= 11 is 5.86. The molecular formula is C18H19ClN2O4. The summed E-state index contributed by atoms with van der Waals surface area (Å²) in [5, 5.41) is 12.6. The first-order valence-corrected chi connectivity index (χ1v) is 8.50. The quantitative estimate of drug-likeness (QED) is 0.875. The molecule has 1 aliphatic heterocycles. The van der Waals surface area contributed by atoms with Crippen LogP contribution in [-0.2, 0) is 11.2 Å². The highest BCUT2D eigenvalue weighted by atomic mass is 35.5. The summed E-state index contributed by atoms with van der Waals surface area (Å²) in [6, 6.07) is 7.93. The Hall–Kier alpha value is -2.47. The Morgan fingerprint density at radius 2 is 2.20 bits per heavy atom. The Balaban J connectivity index is 1.55. The van der Waals surface area contributed by atoms with Gasteiger partial charge >= 0.3 is 0 Å². The van der Waals surface area contributed by atoms with Gasteiger partial charge in [-0.2, -0.15) is 0 Å². The van der Waals surface area contributed by atoms with Crippen molar-refractivity contribution in [2.45, 2.75) is 25.3 Å². The number of carbonyl (C=O) groups is 2. The molecule has 0 radical (unpaired) electrons. The van der Waals surface area contributed by atoms with Crippen LogP contribution in [-0.4, -0.2) is 41.0 Å². The highest BCUT2D eigenvalue weighted by molar-refractivity contribution is 6.32. The van der Waals surface area contributed by atoms with Crippen LogP contribution in [0.15, 0.2) is 41.0 Å². The third-order valence-corrected chi connectivity index (χ3v) is 4.49. The number of furan rings is 1. The number of carbonyl (C=O) groups excluding carboxylic acids is 2. The smallest absolute Gasteiger partial charge is 0.289 e. The number of aromatic hydroxyl groups is 1. The van der Waals surface area contributed by atoms with Crippen molar-refractivity contribution in [3.63, 3.8) is 0 Å². The summed E-state index contributed by atoms with van der Waals surface area (Å²) in [5.41, 5.74) is 0.722. The van der Waals surface area contributed by atoms with E-state index in [1.165, 1.54) is 12.3 Å². The zero-order chi connectivity index (χ0) is 17.8. The van der Waals surface area contributed by atoms with Gasteiger partial charge in [-0.1, -0.05) is 17.7 Å². The molecule has 1 aliphatic rings. The van der Waals surface area contributed by atoms with E-state index in [4.69, 9.17) is 16.0 Å². The monoisotopic (exact) mass is 362 g/mol. The van der Waals surface area contributed by atoms with Gasteiger partial charge in [-0.3, -0.25) is 9.59 Å². The number of hydrogen-bond donors (Lipinski definition) is 2. The van der Waals surface area contributed by atoms with Crippen LogP contribution >= 0.6 is 11.6 Å². The Labute approximate surface area is 150 Å². The molecule has 132 valence electrons. The van der Waals surface area contributed by atoms with Gasteiger partial charge in [0.15, 0.2) is 5.76 Å². The summed E-state index contributed by atoms with van der Waals surface area (Å²) < 4.78 is 5.15. The van der Waals surface area contributed by atoms with Gasteiger partial charge < -0.3 is 19.7 Å². The Morgan fingerprint density at radius 1 is 1.36 bits per heavy atom. The van der Waals surface area contributed by atoms with E-state index >= 15 is 0 Å². The molecule has 2 aromatic rings. The minimum atomic E-state index is -0.158. The molecule has 2 amide bonds. The van der Waals surface area contributed by atoms with Crippen LogP contribution in [0, 0.1) is 0 Å². The Kier molecular flexibility index (Phi) is 5.28. The molecule has 0 saturated carbocycles. The number of benzene rings is 1. The van der Waals surface area contributed by atoms with Crippen LogP contribution in [0.2, 0.25) is 5.02 Å². The van der Waals surface area contributed by atoms with E-state index in [1.807, 2.05) is 0 Å². The number of hydrogen-bond acceptors (Lipinski definition) is 4. The van der Waals surface area contributed by atoms with Crippen LogP contribution in [0.4, 0.5) is 0 Å². The maximum atomic E-state index is 12.3. The van der Waals surface area contributed by atoms with Crippen LogP contribution < -0.4 is 5.32 Å². The van der Waals surface area contributed by atoms with Crippen LogP contribution in [0.1, 0.15) is 29.0 Å². The Morgan fingerprint density at radius 3 is 2.92 bits per heavy atom. The van der Waals surface area contributed by atoms with E-state index in [-0.39, 0.29) is 35.0 Å². The van der Waals surface area contributed by atoms with Crippen LogP contribution in [0.5, 0.6) is 5.75 Å². The molecule has 1 unspecified atom stereocenters. The topological polar surface area (TPSA) is 82.8 Å². The average Bonchev–Trinajstić information content (AvgIpc) is 3.12. The number of likely N-dealkylation sites (tertiary alicyclic amines) is 1. The number of nitrogens with zero attached hydrogens (tertiary/aromatic N) is 1. The fourth-order valence-corrected chi connectivity index (χ4v) is 3.16. The van der Waals surface area contributed by atoms with E-state index in [1.54, 1.807) is 29.2 Å². The molecule has 7 heteroatoms. The summed E-state index contributed by atoms with van der Waals surface area (Å²) in [6.07, 6.45) is 3.29. The van der Waals surface area contributed by atoms with Crippen molar-refractivity contribution in [1.29, 1.82) is 0 Å². The summed E-state index contributed by atoms with van der Waals surface area (Å²) in [6.45, 7) is 1.11. The van der Waals surface area contributed by atoms with Crippen molar-refractivity contribution in [3.05, 3.63) is 52.9 Å². The molecule has 3 rings (SSSR count). The van der Waals surface area contributed by atoms with E-state index < -0.39 is 0 Å². The maximum Gasteiger partial charge on any atom is 0.289 e. The summed E-state index contributed by atoms with van der Waals surface area (Å²) in [4.78, 5) is 26.3. The highest BCUT2D eigenvalue weighted by Gasteiger charge is 2.26. The van der Waals surface area contributed by atoms with Gasteiger partial charge in [0.2, 0.25) is 5.91 Å². The third-order valence-electron chi connectivity index (χ3n) is 4.18. The van der Waals surface area contributed by atoms with Gasteiger partial charge in [-0.25, -0.2) is 0 Å². The van der Waals surface area contributed by atoms with E-state index in [2.05, 4.69) is 5.32 Å². The molecule has 0 aliphatic carbocycles. The summed E-state index contributed by atoms with van der Waals surface area (Å²) in [5.74, 6) is 0.00390. The lowest BCUT2D eigenvalue weighted by Gasteiger charge is -2.32. The van der Waals surface area contributed by atoms with Gasteiger partial charge in [-0.15, -0.1) is 0 Å². The Bertz CT molecular complexity index is 760. The molecule has 1 saturated heterocycles. The fourth-order valence-electron chi connectivity index (χ4n) is 2.96. The van der Waals surface area contributed by atoms with Crippen molar-refractivity contribution in [2.24, 2.45) is 0 Å². The standard InChI is InChI=1S/C18H19ClN2O4/c19-14-9-12(5-6-15(14)22)10-17(23)20-13-3-1-7-21(11-13)18(24)16-4-2-8-25-16/h2,4-6,8-9,13,22H,1,3,7,10-11H2,(H,20,23). The number of phenols is 1.